The molecule has 34 heavy (non-hydrogen) atoms. The molecule has 180 valence electrons. The number of benzene rings is 2. The quantitative estimate of drug-likeness (QED) is 0.480. The van der Waals surface area contributed by atoms with Gasteiger partial charge in [0, 0.05) is 23.2 Å². The Hall–Kier alpha value is -3.20. The van der Waals surface area contributed by atoms with Crippen LogP contribution in [0, 0.1) is 5.92 Å². The molecular weight excluding hydrogens is 445 g/mol. The van der Waals surface area contributed by atoms with E-state index in [9.17, 15) is 18.0 Å². The molecule has 0 spiro atoms. The van der Waals surface area contributed by atoms with Gasteiger partial charge in [0.15, 0.2) is 0 Å². The van der Waals surface area contributed by atoms with Gasteiger partial charge in [-0.2, -0.15) is 13.2 Å². The maximum Gasteiger partial charge on any atom is 0.470 e. The molecule has 6 nitrogen and oxygen atoms in total. The van der Waals surface area contributed by atoms with Crippen molar-refractivity contribution in [3.8, 4) is 11.5 Å². The van der Waals surface area contributed by atoms with E-state index in [2.05, 4.69) is 28.9 Å². The first-order chi connectivity index (χ1) is 16.2. The Morgan fingerprint density at radius 2 is 1.71 bits per heavy atom. The highest BCUT2D eigenvalue weighted by atomic mass is 19.4. The summed E-state index contributed by atoms with van der Waals surface area (Å²) in [5.41, 5.74) is 2.04. The minimum Gasteiger partial charge on any atom is -0.413 e. The Kier molecular flexibility index (Phi) is 7.02. The summed E-state index contributed by atoms with van der Waals surface area (Å²) in [6.07, 6.45) is -3.05. The van der Waals surface area contributed by atoms with Crippen molar-refractivity contribution < 1.29 is 22.4 Å². The molecule has 3 aromatic rings. The van der Waals surface area contributed by atoms with Crippen molar-refractivity contribution in [2.45, 2.75) is 45.5 Å². The lowest BCUT2D eigenvalue weighted by atomic mass is 9.94. The van der Waals surface area contributed by atoms with Gasteiger partial charge in [-0.05, 0) is 69.6 Å². The van der Waals surface area contributed by atoms with Gasteiger partial charge in [-0.15, -0.1) is 10.2 Å². The number of piperidine rings is 1. The van der Waals surface area contributed by atoms with Crippen molar-refractivity contribution in [2.24, 2.45) is 5.92 Å². The van der Waals surface area contributed by atoms with Gasteiger partial charge in [0.25, 0.3) is 0 Å². The predicted octanol–water partition coefficient (Wildman–Crippen LogP) is 5.41. The second-order valence-electron chi connectivity index (χ2n) is 8.77. The molecule has 1 aromatic heterocycles. The number of nitrogens with zero attached hydrogens (tertiary/aromatic N) is 4. The molecule has 9 heteroatoms. The number of aromatic nitrogens is 2. The van der Waals surface area contributed by atoms with E-state index in [0.717, 1.165) is 37.2 Å². The van der Waals surface area contributed by atoms with Crippen LogP contribution in [0.5, 0.6) is 0 Å². The van der Waals surface area contributed by atoms with Gasteiger partial charge in [-0.1, -0.05) is 30.3 Å². The number of hydrogen-bond acceptors (Lipinski definition) is 5. The highest BCUT2D eigenvalue weighted by Gasteiger charge is 2.38. The molecule has 2 aromatic carbocycles. The van der Waals surface area contributed by atoms with E-state index < -0.39 is 12.1 Å². The summed E-state index contributed by atoms with van der Waals surface area (Å²) >= 11 is 0. The third-order valence-corrected chi connectivity index (χ3v) is 6.15. The first-order valence-corrected chi connectivity index (χ1v) is 11.3. The first-order valence-electron chi connectivity index (χ1n) is 11.3. The van der Waals surface area contributed by atoms with Crippen molar-refractivity contribution in [2.75, 3.05) is 18.0 Å². The lowest BCUT2D eigenvalue weighted by Crippen LogP contribution is -2.44. The molecular formula is C25H27F3N4O2. The first kappa shape index (κ1) is 23.9. The lowest BCUT2D eigenvalue weighted by Gasteiger charge is -2.36. The molecule has 1 fully saturated rings. The highest BCUT2D eigenvalue weighted by Crippen LogP contribution is 2.31. The molecule has 1 aliphatic rings. The van der Waals surface area contributed by atoms with Gasteiger partial charge in [-0.3, -0.25) is 4.79 Å². The zero-order valence-corrected chi connectivity index (χ0v) is 19.1. The zero-order valence-electron chi connectivity index (χ0n) is 19.1. The largest absolute Gasteiger partial charge is 0.470 e. The van der Waals surface area contributed by atoms with Crippen molar-refractivity contribution in [1.29, 1.82) is 0 Å². The third kappa shape index (κ3) is 5.47. The lowest BCUT2D eigenvalue weighted by molar-refractivity contribution is -0.157. The van der Waals surface area contributed by atoms with Gasteiger partial charge < -0.3 is 14.2 Å². The van der Waals surface area contributed by atoms with Gasteiger partial charge >= 0.3 is 12.1 Å². The second kappa shape index (κ2) is 9.97. The number of anilines is 1. The van der Waals surface area contributed by atoms with E-state index in [1.165, 1.54) is 0 Å². The van der Waals surface area contributed by atoms with Crippen LogP contribution in [0.3, 0.4) is 0 Å². The average molecular weight is 473 g/mol. The number of para-hydroxylation sites is 1. The normalized spacial score (nSPS) is 15.6. The van der Waals surface area contributed by atoms with Crippen LogP contribution in [-0.2, 0) is 17.5 Å². The summed E-state index contributed by atoms with van der Waals surface area (Å²) < 4.78 is 43.0. The summed E-state index contributed by atoms with van der Waals surface area (Å²) in [5, 5.41) is 6.56. The summed E-state index contributed by atoms with van der Waals surface area (Å²) in [4.78, 5) is 17.7. The molecule has 0 aliphatic carbocycles. The molecule has 0 saturated carbocycles. The summed E-state index contributed by atoms with van der Waals surface area (Å²) in [5.74, 6) is -1.54. The number of rotatable bonds is 6. The van der Waals surface area contributed by atoms with Gasteiger partial charge in [0.05, 0.1) is 6.54 Å². The summed E-state index contributed by atoms with van der Waals surface area (Å²) in [6.45, 7) is 6.48. The molecule has 4 rings (SSSR count). The van der Waals surface area contributed by atoms with Crippen LogP contribution in [0.4, 0.5) is 18.9 Å². The Morgan fingerprint density at radius 3 is 2.26 bits per heavy atom. The molecule has 2 heterocycles. The molecule has 1 amide bonds. The van der Waals surface area contributed by atoms with Crippen LogP contribution < -0.4 is 4.90 Å². The van der Waals surface area contributed by atoms with Crippen molar-refractivity contribution in [1.82, 2.24) is 15.1 Å². The molecule has 0 bridgehead atoms. The zero-order chi connectivity index (χ0) is 24.3. The monoisotopic (exact) mass is 472 g/mol. The number of carbonyl (C=O) groups excluding carboxylic acids is 1. The van der Waals surface area contributed by atoms with Crippen LogP contribution >= 0.6 is 0 Å². The number of likely N-dealkylation sites (tertiary alicyclic amines) is 1. The van der Waals surface area contributed by atoms with E-state index >= 15 is 0 Å². The smallest absolute Gasteiger partial charge is 0.413 e. The standard InChI is InChI=1S/C25H27F3N4O2/c1-17(2)31-14-12-20(13-15-31)23(33)32(21-6-4-3-5-7-21)16-18-8-10-19(11-9-18)22-29-30-24(34-22)25(26,27)28/h3-11,17,20H,12-16H2,1-2H3. The average Bonchev–Trinajstić information content (AvgIpc) is 3.34. The molecule has 0 atom stereocenters. The second-order valence-corrected chi connectivity index (χ2v) is 8.77. The van der Waals surface area contributed by atoms with Crippen molar-refractivity contribution >= 4 is 11.6 Å². The topological polar surface area (TPSA) is 62.5 Å². The van der Waals surface area contributed by atoms with E-state index in [1.807, 2.05) is 30.3 Å². The SMILES string of the molecule is CC(C)N1CCC(C(=O)N(Cc2ccc(-c3nnc(C(F)(F)F)o3)cc2)c2ccccc2)CC1. The molecule has 1 saturated heterocycles. The minimum atomic E-state index is -4.69. The van der Waals surface area contributed by atoms with Gasteiger partial charge in [0.2, 0.25) is 11.8 Å². The molecule has 0 N–H and O–H groups in total. The Bertz CT molecular complexity index is 1090. The summed E-state index contributed by atoms with van der Waals surface area (Å²) in [6, 6.07) is 16.7. The van der Waals surface area contributed by atoms with Crippen LogP contribution in [0.25, 0.3) is 11.5 Å². The number of amides is 1. The van der Waals surface area contributed by atoms with E-state index in [1.54, 1.807) is 29.2 Å². The van der Waals surface area contributed by atoms with E-state index in [4.69, 9.17) is 4.42 Å². The fraction of sp³-hybridized carbons (Fsp3) is 0.400. The Labute approximate surface area is 196 Å². The van der Waals surface area contributed by atoms with Crippen LogP contribution in [0.2, 0.25) is 0 Å². The van der Waals surface area contributed by atoms with Crippen molar-refractivity contribution in [3.63, 3.8) is 0 Å². The number of carbonyl (C=O) groups is 1. The van der Waals surface area contributed by atoms with Gasteiger partial charge in [0.1, 0.15) is 0 Å². The van der Waals surface area contributed by atoms with E-state index in [0.29, 0.717) is 18.2 Å². The molecule has 1 aliphatic heterocycles. The Balaban J connectivity index is 1.51. The fourth-order valence-corrected chi connectivity index (χ4v) is 4.18. The van der Waals surface area contributed by atoms with Crippen molar-refractivity contribution in [3.05, 3.63) is 66.1 Å². The third-order valence-electron chi connectivity index (χ3n) is 6.15. The molecule has 0 unspecified atom stereocenters. The fourth-order valence-electron chi connectivity index (χ4n) is 4.18. The summed E-state index contributed by atoms with van der Waals surface area (Å²) in [7, 11) is 0. The minimum absolute atomic E-state index is 0.0475. The predicted molar refractivity (Wildman–Crippen MR) is 122 cm³/mol. The number of hydrogen-bond donors (Lipinski definition) is 0. The van der Waals surface area contributed by atoms with Crippen LogP contribution in [0.15, 0.2) is 59.0 Å². The van der Waals surface area contributed by atoms with Crippen LogP contribution in [-0.4, -0.2) is 40.1 Å². The maximum atomic E-state index is 13.5. The van der Waals surface area contributed by atoms with E-state index in [-0.39, 0.29) is 17.7 Å². The number of alkyl halides is 3. The highest BCUT2D eigenvalue weighted by molar-refractivity contribution is 5.95. The van der Waals surface area contributed by atoms with Gasteiger partial charge in [-0.25, -0.2) is 0 Å². The Morgan fingerprint density at radius 1 is 1.06 bits per heavy atom. The molecule has 0 radical (unpaired) electrons. The number of halogens is 3. The van der Waals surface area contributed by atoms with Crippen LogP contribution in [0.1, 0.15) is 38.1 Å². The maximum absolute atomic E-state index is 13.5.